The molecule has 1 heterocycles. The summed E-state index contributed by atoms with van der Waals surface area (Å²) >= 11 is 0. The van der Waals surface area contributed by atoms with Gasteiger partial charge in [0, 0.05) is 5.69 Å². The second-order valence-corrected chi connectivity index (χ2v) is 3.78. The average Bonchev–Trinajstić information content (AvgIpc) is 2.84. The van der Waals surface area contributed by atoms with E-state index < -0.39 is 11.9 Å². The number of carbonyl (C=O) groups is 2. The number of carbonyl (C=O) groups excluding carboxylic acids is 2. The molecule has 2 aromatic rings. The van der Waals surface area contributed by atoms with Crippen LogP contribution in [-0.4, -0.2) is 34.4 Å². The van der Waals surface area contributed by atoms with Gasteiger partial charge < -0.3 is 10.1 Å². The first-order valence-corrected chi connectivity index (χ1v) is 5.49. The fraction of sp³-hybridized carbons (Fsp3) is 0.167. The van der Waals surface area contributed by atoms with Crippen LogP contribution in [0.15, 0.2) is 24.3 Å². The summed E-state index contributed by atoms with van der Waals surface area (Å²) in [5, 5.41) is 12.5. The van der Waals surface area contributed by atoms with E-state index in [0.717, 1.165) is 0 Å². The topological polar surface area (TPSA) is 97.0 Å². The van der Waals surface area contributed by atoms with Crippen LogP contribution in [0.1, 0.15) is 26.5 Å². The Morgan fingerprint density at radius 2 is 2.11 bits per heavy atom. The second-order valence-electron chi connectivity index (χ2n) is 3.78. The molecule has 0 radical (unpaired) electrons. The molecule has 0 atom stereocenters. The maximum Gasteiger partial charge on any atom is 0.337 e. The van der Waals surface area contributed by atoms with Crippen LogP contribution in [0, 0.1) is 6.92 Å². The lowest BCUT2D eigenvalue weighted by molar-refractivity contribution is 0.0600. The average molecular weight is 260 g/mol. The van der Waals surface area contributed by atoms with Crippen LogP contribution in [-0.2, 0) is 4.74 Å². The molecule has 0 saturated heterocycles. The molecule has 0 bridgehead atoms. The Balaban J connectivity index is 2.18. The molecular formula is C12H12N4O3. The van der Waals surface area contributed by atoms with Crippen molar-refractivity contribution in [2.45, 2.75) is 6.92 Å². The molecule has 0 unspecified atom stereocenters. The van der Waals surface area contributed by atoms with E-state index in [1.54, 1.807) is 25.1 Å². The van der Waals surface area contributed by atoms with Gasteiger partial charge in [0.1, 0.15) is 0 Å². The third-order valence-electron chi connectivity index (χ3n) is 2.48. The number of ether oxygens (including phenoxy) is 1. The summed E-state index contributed by atoms with van der Waals surface area (Å²) in [6, 6.07) is 6.44. The zero-order chi connectivity index (χ0) is 13.8. The van der Waals surface area contributed by atoms with Crippen LogP contribution in [0.4, 0.5) is 5.69 Å². The molecule has 0 spiro atoms. The predicted molar refractivity (Wildman–Crippen MR) is 66.9 cm³/mol. The number of nitrogens with zero attached hydrogens (tertiary/aromatic N) is 2. The fourth-order valence-corrected chi connectivity index (χ4v) is 1.53. The Kier molecular flexibility index (Phi) is 3.56. The standard InChI is InChI=1S/C12H12N4O3/c1-7-10(15-16-14-7)11(17)13-9-5-3-4-8(6-9)12(18)19-2/h3-6H,1-2H3,(H,13,17)(H,14,15,16). The second kappa shape index (κ2) is 5.30. The molecule has 1 aromatic carbocycles. The minimum Gasteiger partial charge on any atom is -0.465 e. The van der Waals surface area contributed by atoms with Gasteiger partial charge in [0.15, 0.2) is 5.69 Å². The van der Waals surface area contributed by atoms with Crippen molar-refractivity contribution in [3.8, 4) is 0 Å². The Labute approximate surface area is 109 Å². The number of H-pyrrole nitrogens is 1. The van der Waals surface area contributed by atoms with Gasteiger partial charge in [-0.15, -0.1) is 0 Å². The highest BCUT2D eigenvalue weighted by molar-refractivity contribution is 6.04. The zero-order valence-corrected chi connectivity index (χ0v) is 10.4. The summed E-state index contributed by atoms with van der Waals surface area (Å²) < 4.78 is 4.61. The Morgan fingerprint density at radius 3 is 2.74 bits per heavy atom. The molecule has 1 amide bonds. The lowest BCUT2D eigenvalue weighted by Crippen LogP contribution is -2.14. The third kappa shape index (κ3) is 2.76. The molecule has 7 nitrogen and oxygen atoms in total. The van der Waals surface area contributed by atoms with Gasteiger partial charge in [0.2, 0.25) is 0 Å². The number of hydrogen-bond acceptors (Lipinski definition) is 5. The van der Waals surface area contributed by atoms with Gasteiger partial charge in [-0.05, 0) is 25.1 Å². The third-order valence-corrected chi connectivity index (χ3v) is 2.48. The summed E-state index contributed by atoms with van der Waals surface area (Å²) in [6.07, 6.45) is 0. The van der Waals surface area contributed by atoms with Crippen LogP contribution >= 0.6 is 0 Å². The van der Waals surface area contributed by atoms with Crippen LogP contribution in [0.2, 0.25) is 0 Å². The van der Waals surface area contributed by atoms with Gasteiger partial charge in [-0.25, -0.2) is 4.79 Å². The maximum absolute atomic E-state index is 11.9. The quantitative estimate of drug-likeness (QED) is 0.807. The van der Waals surface area contributed by atoms with E-state index in [1.165, 1.54) is 13.2 Å². The van der Waals surface area contributed by atoms with Gasteiger partial charge >= 0.3 is 5.97 Å². The number of anilines is 1. The van der Waals surface area contributed by atoms with E-state index in [4.69, 9.17) is 0 Å². The first-order valence-electron chi connectivity index (χ1n) is 5.49. The van der Waals surface area contributed by atoms with Gasteiger partial charge in [0.25, 0.3) is 5.91 Å². The first-order chi connectivity index (χ1) is 9.11. The minimum absolute atomic E-state index is 0.212. The summed E-state index contributed by atoms with van der Waals surface area (Å²) in [7, 11) is 1.30. The Bertz CT molecular complexity index is 621. The molecule has 2 rings (SSSR count). The molecule has 0 aliphatic carbocycles. The molecule has 7 heteroatoms. The molecule has 19 heavy (non-hydrogen) atoms. The molecule has 98 valence electrons. The van der Waals surface area contributed by atoms with E-state index in [-0.39, 0.29) is 5.69 Å². The van der Waals surface area contributed by atoms with Gasteiger partial charge in [0.05, 0.1) is 18.4 Å². The highest BCUT2D eigenvalue weighted by atomic mass is 16.5. The van der Waals surface area contributed by atoms with Crippen LogP contribution in [0.3, 0.4) is 0 Å². The molecule has 2 N–H and O–H groups in total. The van der Waals surface area contributed by atoms with Crippen molar-refractivity contribution in [3.63, 3.8) is 0 Å². The smallest absolute Gasteiger partial charge is 0.337 e. The highest BCUT2D eigenvalue weighted by Gasteiger charge is 2.14. The largest absolute Gasteiger partial charge is 0.465 e. The van der Waals surface area contributed by atoms with Crippen molar-refractivity contribution >= 4 is 17.6 Å². The van der Waals surface area contributed by atoms with Crippen LogP contribution in [0.5, 0.6) is 0 Å². The van der Waals surface area contributed by atoms with Crippen LogP contribution in [0.25, 0.3) is 0 Å². The fourth-order valence-electron chi connectivity index (χ4n) is 1.53. The number of esters is 1. The summed E-state index contributed by atoms with van der Waals surface area (Å²) in [5.74, 6) is -0.859. The van der Waals surface area contributed by atoms with Crippen molar-refractivity contribution in [2.75, 3.05) is 12.4 Å². The van der Waals surface area contributed by atoms with Gasteiger partial charge in [-0.3, -0.25) is 4.79 Å². The van der Waals surface area contributed by atoms with Crippen molar-refractivity contribution in [1.82, 2.24) is 15.4 Å². The number of hydrogen-bond donors (Lipinski definition) is 2. The number of aromatic amines is 1. The molecular weight excluding hydrogens is 248 g/mol. The first kappa shape index (κ1) is 12.7. The Morgan fingerprint density at radius 1 is 1.32 bits per heavy atom. The van der Waals surface area contributed by atoms with Crippen LogP contribution < -0.4 is 5.32 Å². The van der Waals surface area contributed by atoms with Gasteiger partial charge in [-0.1, -0.05) is 6.07 Å². The Hall–Kier alpha value is -2.70. The molecule has 0 aliphatic rings. The predicted octanol–water partition coefficient (Wildman–Crippen LogP) is 1.15. The van der Waals surface area contributed by atoms with E-state index >= 15 is 0 Å². The SMILES string of the molecule is COC(=O)c1cccc(NC(=O)c2n[nH]nc2C)c1. The lowest BCUT2D eigenvalue weighted by Gasteiger charge is -2.05. The number of amides is 1. The monoisotopic (exact) mass is 260 g/mol. The summed E-state index contributed by atoms with van der Waals surface area (Å²) in [6.45, 7) is 1.67. The van der Waals surface area contributed by atoms with Gasteiger partial charge in [-0.2, -0.15) is 15.4 Å². The van der Waals surface area contributed by atoms with Crippen molar-refractivity contribution in [2.24, 2.45) is 0 Å². The number of nitrogens with one attached hydrogen (secondary N) is 2. The van der Waals surface area contributed by atoms with E-state index in [9.17, 15) is 9.59 Å². The van der Waals surface area contributed by atoms with Crippen molar-refractivity contribution < 1.29 is 14.3 Å². The summed E-state index contributed by atoms with van der Waals surface area (Å²) in [5.41, 5.74) is 1.55. The molecule has 0 fully saturated rings. The zero-order valence-electron chi connectivity index (χ0n) is 10.4. The maximum atomic E-state index is 11.9. The number of methoxy groups -OCH3 is 1. The normalized spacial score (nSPS) is 10.0. The highest BCUT2D eigenvalue weighted by Crippen LogP contribution is 2.13. The van der Waals surface area contributed by atoms with E-state index in [1.807, 2.05) is 0 Å². The molecule has 1 aromatic heterocycles. The minimum atomic E-state index is -0.464. The number of aryl methyl sites for hydroxylation is 1. The number of rotatable bonds is 3. The number of benzene rings is 1. The molecule has 0 saturated carbocycles. The van der Waals surface area contributed by atoms with Crippen molar-refractivity contribution in [3.05, 3.63) is 41.2 Å². The van der Waals surface area contributed by atoms with Crippen molar-refractivity contribution in [1.29, 1.82) is 0 Å². The summed E-state index contributed by atoms with van der Waals surface area (Å²) in [4.78, 5) is 23.3. The van der Waals surface area contributed by atoms with E-state index in [0.29, 0.717) is 16.9 Å². The molecule has 0 aliphatic heterocycles. The lowest BCUT2D eigenvalue weighted by atomic mass is 10.2. The van der Waals surface area contributed by atoms with E-state index in [2.05, 4.69) is 25.5 Å². The number of aromatic nitrogens is 3.